The number of methoxy groups -OCH3 is 1. The molecule has 3 heteroatoms. The van der Waals surface area contributed by atoms with Crippen LogP contribution in [0.3, 0.4) is 0 Å². The van der Waals surface area contributed by atoms with Crippen LogP contribution in [0.2, 0.25) is 0 Å². The van der Waals surface area contributed by atoms with Crippen LogP contribution in [0.4, 0.5) is 5.69 Å². The molecule has 136 valence electrons. The Balaban J connectivity index is 1.32. The average Bonchev–Trinajstić information content (AvgIpc) is 3.02. The number of anilines is 1. The molecule has 3 nitrogen and oxygen atoms in total. The molecule has 0 aliphatic carbocycles. The summed E-state index contributed by atoms with van der Waals surface area (Å²) in [4.78, 5) is 5.42. The summed E-state index contributed by atoms with van der Waals surface area (Å²) in [6.07, 6.45) is 4.94. The van der Waals surface area contributed by atoms with Crippen molar-refractivity contribution in [3.05, 3.63) is 59.2 Å². The second kappa shape index (κ2) is 6.62. The average molecular weight is 348 g/mol. The Bertz CT molecular complexity index is 803. The maximum atomic E-state index is 5.52. The first-order valence-corrected chi connectivity index (χ1v) is 10.1. The van der Waals surface area contributed by atoms with Gasteiger partial charge in [-0.3, -0.25) is 0 Å². The van der Waals surface area contributed by atoms with Crippen LogP contribution in [0.5, 0.6) is 5.75 Å². The largest absolute Gasteiger partial charge is 0.496 e. The van der Waals surface area contributed by atoms with Gasteiger partial charge in [-0.25, -0.2) is 0 Å². The van der Waals surface area contributed by atoms with Crippen LogP contribution in [-0.4, -0.2) is 44.2 Å². The van der Waals surface area contributed by atoms with Gasteiger partial charge in [-0.1, -0.05) is 36.4 Å². The topological polar surface area (TPSA) is 15.7 Å². The number of fused-ring (bicyclic) bond motifs is 3. The van der Waals surface area contributed by atoms with Crippen LogP contribution < -0.4 is 9.64 Å². The molecule has 3 aliphatic rings. The molecule has 0 amide bonds. The van der Waals surface area contributed by atoms with E-state index in [1.807, 2.05) is 0 Å². The molecule has 2 unspecified atom stereocenters. The zero-order valence-corrected chi connectivity index (χ0v) is 15.7. The van der Waals surface area contributed by atoms with E-state index in [0.29, 0.717) is 5.92 Å². The second-order valence-corrected chi connectivity index (χ2v) is 7.98. The van der Waals surface area contributed by atoms with Crippen LogP contribution in [0, 0.1) is 0 Å². The molecule has 0 bridgehead atoms. The third-order valence-corrected chi connectivity index (χ3v) is 6.63. The lowest BCUT2D eigenvalue weighted by Crippen LogP contribution is -2.47. The molecule has 3 aliphatic heterocycles. The molecule has 5 rings (SSSR count). The predicted molar refractivity (Wildman–Crippen MR) is 106 cm³/mol. The van der Waals surface area contributed by atoms with Crippen molar-refractivity contribution in [1.29, 1.82) is 0 Å². The lowest BCUT2D eigenvalue weighted by Gasteiger charge is -2.40. The summed E-state index contributed by atoms with van der Waals surface area (Å²) in [5.41, 5.74) is 6.13. The van der Waals surface area contributed by atoms with Gasteiger partial charge in [-0.15, -0.1) is 0 Å². The Labute approximate surface area is 156 Å². The zero-order chi connectivity index (χ0) is 17.5. The smallest absolute Gasteiger partial charge is 0.122 e. The van der Waals surface area contributed by atoms with Crippen LogP contribution >= 0.6 is 0 Å². The van der Waals surface area contributed by atoms with Gasteiger partial charge in [0.05, 0.1) is 7.11 Å². The third-order valence-electron chi connectivity index (χ3n) is 6.63. The number of likely N-dealkylation sites (tertiary alicyclic amines) is 1. The van der Waals surface area contributed by atoms with E-state index in [1.165, 1.54) is 44.5 Å². The molecule has 2 aromatic carbocycles. The standard InChI is InChI=1S/C23H28N2O/c1-26-22-10-3-2-6-17(22)11-14-24-15-12-21-20(16-24)19-9-4-7-18-8-5-13-25(21)23(18)19/h2-4,6-7,9-10,20-21H,5,8,11-16H2,1H3. The molecule has 2 atom stereocenters. The van der Waals surface area contributed by atoms with Crippen LogP contribution in [0.1, 0.15) is 35.4 Å². The highest BCUT2D eigenvalue weighted by molar-refractivity contribution is 5.68. The SMILES string of the molecule is COc1ccccc1CCN1CCC2C(C1)c1cccc3c1N2CCC3. The van der Waals surface area contributed by atoms with E-state index in [2.05, 4.69) is 52.3 Å². The van der Waals surface area contributed by atoms with E-state index >= 15 is 0 Å². The van der Waals surface area contributed by atoms with E-state index in [-0.39, 0.29) is 0 Å². The lowest BCUT2D eigenvalue weighted by atomic mass is 9.88. The molecule has 0 aromatic heterocycles. The highest BCUT2D eigenvalue weighted by Gasteiger charge is 2.43. The van der Waals surface area contributed by atoms with Gasteiger partial charge in [0.1, 0.15) is 5.75 Å². The number of aryl methyl sites for hydroxylation is 1. The molecule has 1 saturated heterocycles. The summed E-state index contributed by atoms with van der Waals surface area (Å²) in [5, 5.41) is 0. The first-order chi connectivity index (χ1) is 12.8. The van der Waals surface area contributed by atoms with Crippen molar-refractivity contribution < 1.29 is 4.74 Å². The van der Waals surface area contributed by atoms with Gasteiger partial charge in [-0.2, -0.15) is 0 Å². The van der Waals surface area contributed by atoms with Crippen LogP contribution in [0.25, 0.3) is 0 Å². The maximum absolute atomic E-state index is 5.52. The van der Waals surface area contributed by atoms with E-state index in [4.69, 9.17) is 4.74 Å². The molecule has 0 radical (unpaired) electrons. The number of rotatable bonds is 4. The van der Waals surface area contributed by atoms with Gasteiger partial charge in [0.25, 0.3) is 0 Å². The van der Waals surface area contributed by atoms with E-state index in [0.717, 1.165) is 24.8 Å². The number of benzene rings is 2. The van der Waals surface area contributed by atoms with Crippen molar-refractivity contribution in [2.45, 2.75) is 37.6 Å². The van der Waals surface area contributed by atoms with E-state index < -0.39 is 0 Å². The van der Waals surface area contributed by atoms with Crippen molar-refractivity contribution in [3.63, 3.8) is 0 Å². The summed E-state index contributed by atoms with van der Waals surface area (Å²) >= 11 is 0. The van der Waals surface area contributed by atoms with Crippen molar-refractivity contribution in [2.24, 2.45) is 0 Å². The van der Waals surface area contributed by atoms with Gasteiger partial charge in [-0.05, 0) is 48.4 Å². The van der Waals surface area contributed by atoms with Gasteiger partial charge < -0.3 is 14.5 Å². The molecule has 3 heterocycles. The first kappa shape index (κ1) is 16.2. The molecular formula is C23H28N2O. The molecule has 26 heavy (non-hydrogen) atoms. The molecule has 2 aromatic rings. The minimum Gasteiger partial charge on any atom is -0.496 e. The third kappa shape index (κ3) is 2.61. The normalized spacial score (nSPS) is 24.3. The fourth-order valence-corrected chi connectivity index (χ4v) is 5.42. The fraction of sp³-hybridized carbons (Fsp3) is 0.478. The summed E-state index contributed by atoms with van der Waals surface area (Å²) in [5.74, 6) is 1.71. The van der Waals surface area contributed by atoms with Crippen molar-refractivity contribution in [2.75, 3.05) is 38.2 Å². The minimum absolute atomic E-state index is 0.689. The molecule has 0 N–H and O–H groups in total. The van der Waals surface area contributed by atoms with E-state index in [1.54, 1.807) is 23.9 Å². The first-order valence-electron chi connectivity index (χ1n) is 10.1. The highest BCUT2D eigenvalue weighted by atomic mass is 16.5. The number of ether oxygens (including phenoxy) is 1. The Kier molecular flexibility index (Phi) is 4.12. The number of piperidine rings is 1. The number of para-hydroxylation sites is 2. The summed E-state index contributed by atoms with van der Waals surface area (Å²) in [6, 6.07) is 16.2. The van der Waals surface area contributed by atoms with Crippen LogP contribution in [-0.2, 0) is 12.8 Å². The summed E-state index contributed by atoms with van der Waals surface area (Å²) in [7, 11) is 1.77. The van der Waals surface area contributed by atoms with Crippen molar-refractivity contribution in [1.82, 2.24) is 4.90 Å². The molecule has 0 spiro atoms. The van der Waals surface area contributed by atoms with Crippen LogP contribution in [0.15, 0.2) is 42.5 Å². The monoisotopic (exact) mass is 348 g/mol. The quantitative estimate of drug-likeness (QED) is 0.834. The van der Waals surface area contributed by atoms with Gasteiger partial charge in [0.15, 0.2) is 0 Å². The van der Waals surface area contributed by atoms with Crippen molar-refractivity contribution in [3.8, 4) is 5.75 Å². The zero-order valence-electron chi connectivity index (χ0n) is 15.7. The number of hydrogen-bond donors (Lipinski definition) is 0. The van der Waals surface area contributed by atoms with Gasteiger partial charge in [0, 0.05) is 43.8 Å². The Morgan fingerprint density at radius 2 is 2.00 bits per heavy atom. The highest BCUT2D eigenvalue weighted by Crippen LogP contribution is 2.48. The summed E-state index contributed by atoms with van der Waals surface area (Å²) < 4.78 is 5.52. The maximum Gasteiger partial charge on any atom is 0.122 e. The molecular weight excluding hydrogens is 320 g/mol. The Morgan fingerprint density at radius 3 is 2.92 bits per heavy atom. The summed E-state index contributed by atoms with van der Waals surface area (Å²) in [6.45, 7) is 4.80. The number of nitrogens with zero attached hydrogens (tertiary/aromatic N) is 2. The van der Waals surface area contributed by atoms with E-state index in [9.17, 15) is 0 Å². The van der Waals surface area contributed by atoms with Gasteiger partial charge in [0.2, 0.25) is 0 Å². The Hall–Kier alpha value is -2.00. The number of hydrogen-bond acceptors (Lipinski definition) is 3. The molecule has 1 fully saturated rings. The second-order valence-electron chi connectivity index (χ2n) is 7.98. The minimum atomic E-state index is 0.689. The molecule has 0 saturated carbocycles. The Morgan fingerprint density at radius 1 is 1.08 bits per heavy atom. The predicted octanol–water partition coefficient (Wildman–Crippen LogP) is 3.86. The lowest BCUT2D eigenvalue weighted by molar-refractivity contribution is 0.194. The van der Waals surface area contributed by atoms with Gasteiger partial charge >= 0.3 is 0 Å². The fourth-order valence-electron chi connectivity index (χ4n) is 5.42. The van der Waals surface area contributed by atoms with Crippen molar-refractivity contribution >= 4 is 5.69 Å².